The van der Waals surface area contributed by atoms with Gasteiger partial charge in [-0.05, 0) is 61.3 Å². The predicted molar refractivity (Wildman–Crippen MR) is 94.0 cm³/mol. The van der Waals surface area contributed by atoms with Gasteiger partial charge < -0.3 is 5.32 Å². The van der Waals surface area contributed by atoms with E-state index in [1.54, 1.807) is 11.3 Å². The van der Waals surface area contributed by atoms with Gasteiger partial charge in [-0.1, -0.05) is 32.0 Å². The molecule has 1 aliphatic rings. The van der Waals surface area contributed by atoms with Crippen LogP contribution >= 0.6 is 11.3 Å². The average molecular weight is 313 g/mol. The van der Waals surface area contributed by atoms with Gasteiger partial charge in [-0.25, -0.2) is 0 Å². The van der Waals surface area contributed by atoms with Crippen LogP contribution in [0, 0.1) is 12.8 Å². The number of fused-ring (bicyclic) bond motifs is 1. The molecular formula is C19H23NOS. The topological polar surface area (TPSA) is 29.1 Å². The maximum absolute atomic E-state index is 12.6. The fourth-order valence-electron chi connectivity index (χ4n) is 3.19. The van der Waals surface area contributed by atoms with Gasteiger partial charge in [-0.15, -0.1) is 11.3 Å². The number of rotatable bonds is 3. The molecule has 2 aromatic rings. The first-order valence-corrected chi connectivity index (χ1v) is 8.91. The van der Waals surface area contributed by atoms with Crippen molar-refractivity contribution < 1.29 is 4.79 Å². The summed E-state index contributed by atoms with van der Waals surface area (Å²) in [6.45, 7) is 6.47. The number of amides is 1. The summed E-state index contributed by atoms with van der Waals surface area (Å²) in [6, 6.07) is 8.30. The zero-order valence-corrected chi connectivity index (χ0v) is 14.3. The monoisotopic (exact) mass is 313 g/mol. The van der Waals surface area contributed by atoms with Gasteiger partial charge in [0.15, 0.2) is 0 Å². The van der Waals surface area contributed by atoms with Gasteiger partial charge in [0, 0.05) is 10.6 Å². The van der Waals surface area contributed by atoms with Crippen molar-refractivity contribution in [3.05, 3.63) is 50.7 Å². The van der Waals surface area contributed by atoms with Crippen LogP contribution < -0.4 is 5.32 Å². The molecule has 3 rings (SSSR count). The molecule has 1 N–H and O–H groups in total. The van der Waals surface area contributed by atoms with Crippen LogP contribution in [-0.2, 0) is 19.3 Å². The summed E-state index contributed by atoms with van der Waals surface area (Å²) in [5.41, 5.74) is 4.69. The van der Waals surface area contributed by atoms with Crippen molar-refractivity contribution in [2.24, 2.45) is 5.92 Å². The second-order valence-corrected chi connectivity index (χ2v) is 7.46. The number of hydrogen-bond acceptors (Lipinski definition) is 2. The number of benzene rings is 1. The standard InChI is InChI=1S/C19H23NOS/c1-4-14-7-5-6-13(3)18(14)20-19(21)17-11-15-10-12(2)8-9-16(15)22-17/h5-7,11-12H,4,8-10H2,1-3H3,(H,20,21)/t12-/m1/s1. The van der Waals surface area contributed by atoms with Gasteiger partial charge in [-0.3, -0.25) is 4.79 Å². The molecule has 2 nitrogen and oxygen atoms in total. The Morgan fingerprint density at radius 2 is 2.23 bits per heavy atom. The van der Waals surface area contributed by atoms with E-state index < -0.39 is 0 Å². The molecule has 0 saturated heterocycles. The van der Waals surface area contributed by atoms with Crippen LogP contribution in [0.5, 0.6) is 0 Å². The average Bonchev–Trinajstić information content (AvgIpc) is 2.92. The zero-order chi connectivity index (χ0) is 15.7. The Bertz CT molecular complexity index is 701. The molecule has 0 spiro atoms. The lowest BCUT2D eigenvalue weighted by atomic mass is 9.90. The van der Waals surface area contributed by atoms with E-state index in [4.69, 9.17) is 0 Å². The number of anilines is 1. The van der Waals surface area contributed by atoms with Crippen molar-refractivity contribution in [3.63, 3.8) is 0 Å². The number of carbonyl (C=O) groups excluding carboxylic acids is 1. The Hall–Kier alpha value is -1.61. The van der Waals surface area contributed by atoms with E-state index in [1.807, 2.05) is 0 Å². The fourth-order valence-corrected chi connectivity index (χ4v) is 4.30. The van der Waals surface area contributed by atoms with Crippen LogP contribution in [0.25, 0.3) is 0 Å². The third-order valence-corrected chi connectivity index (χ3v) is 5.77. The summed E-state index contributed by atoms with van der Waals surface area (Å²) in [7, 11) is 0. The highest BCUT2D eigenvalue weighted by atomic mass is 32.1. The minimum atomic E-state index is 0.0380. The Labute approximate surface area is 136 Å². The lowest BCUT2D eigenvalue weighted by Crippen LogP contribution is -2.13. The van der Waals surface area contributed by atoms with Crippen LogP contribution in [0.4, 0.5) is 5.69 Å². The maximum Gasteiger partial charge on any atom is 0.265 e. The van der Waals surface area contributed by atoms with Gasteiger partial charge in [-0.2, -0.15) is 0 Å². The van der Waals surface area contributed by atoms with Gasteiger partial charge in [0.1, 0.15) is 0 Å². The van der Waals surface area contributed by atoms with E-state index in [-0.39, 0.29) is 5.91 Å². The second kappa shape index (κ2) is 6.25. The highest BCUT2D eigenvalue weighted by Gasteiger charge is 2.21. The van der Waals surface area contributed by atoms with Crippen LogP contribution in [0.1, 0.15) is 51.5 Å². The number of hydrogen-bond donors (Lipinski definition) is 1. The van der Waals surface area contributed by atoms with Crippen molar-refractivity contribution in [2.45, 2.75) is 46.5 Å². The normalized spacial score (nSPS) is 17.1. The molecule has 1 aromatic carbocycles. The number of carbonyl (C=O) groups is 1. The lowest BCUT2D eigenvalue weighted by Gasteiger charge is -2.16. The second-order valence-electron chi connectivity index (χ2n) is 6.32. The van der Waals surface area contributed by atoms with Gasteiger partial charge >= 0.3 is 0 Å². The van der Waals surface area contributed by atoms with Crippen molar-refractivity contribution in [1.29, 1.82) is 0 Å². The molecule has 0 fully saturated rings. The van der Waals surface area contributed by atoms with Gasteiger partial charge in [0.05, 0.1) is 4.88 Å². The fraction of sp³-hybridized carbons (Fsp3) is 0.421. The summed E-state index contributed by atoms with van der Waals surface area (Å²) < 4.78 is 0. The van der Waals surface area contributed by atoms with Crippen LogP contribution in [0.2, 0.25) is 0 Å². The van der Waals surface area contributed by atoms with Crippen molar-refractivity contribution in [1.82, 2.24) is 0 Å². The molecular weight excluding hydrogens is 290 g/mol. The van der Waals surface area contributed by atoms with E-state index in [1.165, 1.54) is 22.4 Å². The quantitative estimate of drug-likeness (QED) is 0.849. The van der Waals surface area contributed by atoms with Crippen molar-refractivity contribution in [2.75, 3.05) is 5.32 Å². The summed E-state index contributed by atoms with van der Waals surface area (Å²) in [5.74, 6) is 0.775. The molecule has 0 radical (unpaired) electrons. The minimum absolute atomic E-state index is 0.0380. The van der Waals surface area contributed by atoms with E-state index in [0.717, 1.165) is 41.3 Å². The molecule has 0 unspecified atom stereocenters. The molecule has 1 atom stereocenters. The first-order chi connectivity index (χ1) is 10.6. The summed E-state index contributed by atoms with van der Waals surface area (Å²) in [4.78, 5) is 14.9. The first-order valence-electron chi connectivity index (χ1n) is 8.10. The molecule has 0 aliphatic heterocycles. The molecule has 1 heterocycles. The first kappa shape index (κ1) is 15.3. The molecule has 0 bridgehead atoms. The summed E-state index contributed by atoms with van der Waals surface area (Å²) >= 11 is 1.67. The molecule has 1 amide bonds. The highest BCUT2D eigenvalue weighted by molar-refractivity contribution is 7.14. The van der Waals surface area contributed by atoms with E-state index >= 15 is 0 Å². The third-order valence-electron chi connectivity index (χ3n) is 4.53. The maximum atomic E-state index is 12.6. The molecule has 116 valence electrons. The highest BCUT2D eigenvalue weighted by Crippen LogP contribution is 2.33. The van der Waals surface area contributed by atoms with Crippen molar-refractivity contribution >= 4 is 22.9 Å². The minimum Gasteiger partial charge on any atom is -0.321 e. The van der Waals surface area contributed by atoms with Crippen molar-refractivity contribution in [3.8, 4) is 0 Å². The van der Waals surface area contributed by atoms with Gasteiger partial charge in [0.2, 0.25) is 0 Å². The van der Waals surface area contributed by atoms with E-state index in [2.05, 4.69) is 50.4 Å². The van der Waals surface area contributed by atoms with Crippen LogP contribution in [-0.4, -0.2) is 5.91 Å². The molecule has 3 heteroatoms. The Balaban J connectivity index is 1.84. The summed E-state index contributed by atoms with van der Waals surface area (Å²) in [6.07, 6.45) is 4.41. The number of para-hydroxylation sites is 1. The largest absolute Gasteiger partial charge is 0.321 e. The summed E-state index contributed by atoms with van der Waals surface area (Å²) in [5, 5.41) is 3.14. The molecule has 0 saturated carbocycles. The number of aryl methyl sites for hydroxylation is 3. The number of thiophene rings is 1. The van der Waals surface area contributed by atoms with E-state index in [0.29, 0.717) is 0 Å². The Morgan fingerprint density at radius 3 is 3.00 bits per heavy atom. The Kier molecular flexibility index (Phi) is 4.34. The smallest absolute Gasteiger partial charge is 0.265 e. The predicted octanol–water partition coefficient (Wildman–Crippen LogP) is 5.00. The van der Waals surface area contributed by atoms with Gasteiger partial charge in [0.25, 0.3) is 5.91 Å². The van der Waals surface area contributed by atoms with Crippen LogP contribution in [0.3, 0.4) is 0 Å². The lowest BCUT2D eigenvalue weighted by molar-refractivity contribution is 0.103. The zero-order valence-electron chi connectivity index (χ0n) is 13.5. The van der Waals surface area contributed by atoms with Crippen LogP contribution in [0.15, 0.2) is 24.3 Å². The Morgan fingerprint density at radius 1 is 1.41 bits per heavy atom. The van der Waals surface area contributed by atoms with E-state index in [9.17, 15) is 4.79 Å². The SMILES string of the molecule is CCc1cccc(C)c1NC(=O)c1cc2c(s1)CC[C@@H](C)C2. The third kappa shape index (κ3) is 2.95. The molecule has 1 aliphatic carbocycles. The number of nitrogens with one attached hydrogen (secondary N) is 1. The molecule has 22 heavy (non-hydrogen) atoms. The molecule has 1 aromatic heterocycles.